The van der Waals surface area contributed by atoms with E-state index in [9.17, 15) is 14.7 Å². The molecule has 1 rings (SSSR count). The number of carboxylic acids is 1. The molecule has 3 unspecified atom stereocenters. The smallest absolute Gasteiger partial charge is 0.326 e. The lowest BCUT2D eigenvalue weighted by atomic mass is 9.88. The van der Waals surface area contributed by atoms with Crippen molar-refractivity contribution in [2.75, 3.05) is 20.3 Å². The van der Waals surface area contributed by atoms with E-state index < -0.39 is 18.1 Å². The molecule has 1 fully saturated rings. The molecule has 1 aliphatic rings. The molecule has 0 aromatic heterocycles. The van der Waals surface area contributed by atoms with E-state index in [4.69, 9.17) is 10.5 Å². The van der Waals surface area contributed by atoms with Crippen LogP contribution in [0.15, 0.2) is 0 Å². The first-order chi connectivity index (χ1) is 8.51. The Morgan fingerprint density at radius 3 is 2.72 bits per heavy atom. The van der Waals surface area contributed by atoms with Crippen LogP contribution >= 0.6 is 0 Å². The molecule has 0 saturated carbocycles. The summed E-state index contributed by atoms with van der Waals surface area (Å²) < 4.78 is 4.83. The van der Waals surface area contributed by atoms with E-state index in [-0.39, 0.29) is 12.5 Å². The van der Waals surface area contributed by atoms with Crippen molar-refractivity contribution in [3.05, 3.63) is 0 Å². The van der Waals surface area contributed by atoms with Gasteiger partial charge in [-0.25, -0.2) is 4.79 Å². The first-order valence-corrected chi connectivity index (χ1v) is 6.29. The maximum absolute atomic E-state index is 12.1. The van der Waals surface area contributed by atoms with Crippen molar-refractivity contribution in [1.29, 1.82) is 0 Å². The third-order valence-corrected chi connectivity index (χ3v) is 3.52. The van der Waals surface area contributed by atoms with E-state index in [2.05, 4.69) is 0 Å². The zero-order valence-electron chi connectivity index (χ0n) is 11.0. The van der Waals surface area contributed by atoms with Crippen LogP contribution in [-0.4, -0.2) is 54.2 Å². The van der Waals surface area contributed by atoms with Gasteiger partial charge in [0.1, 0.15) is 12.1 Å². The van der Waals surface area contributed by atoms with E-state index in [0.29, 0.717) is 18.9 Å². The van der Waals surface area contributed by atoms with Crippen LogP contribution in [-0.2, 0) is 14.3 Å². The van der Waals surface area contributed by atoms with Gasteiger partial charge in [0.25, 0.3) is 0 Å². The molecule has 3 N–H and O–H groups in total. The summed E-state index contributed by atoms with van der Waals surface area (Å²) in [5.74, 6) is -0.918. The number of carbonyl (C=O) groups is 2. The number of hydrogen-bond donors (Lipinski definition) is 2. The van der Waals surface area contributed by atoms with Crippen molar-refractivity contribution in [3.63, 3.8) is 0 Å². The maximum Gasteiger partial charge on any atom is 0.326 e. The van der Waals surface area contributed by atoms with Gasteiger partial charge in [0.2, 0.25) is 5.91 Å². The molecule has 0 aliphatic carbocycles. The number of aliphatic carboxylic acids is 1. The molecule has 1 amide bonds. The molecule has 6 nitrogen and oxygen atoms in total. The molecule has 1 saturated heterocycles. The SMILES string of the molecule is CCC1CCN(C(=O)C(N)COC)C(C(=O)O)C1. The Morgan fingerprint density at radius 2 is 2.22 bits per heavy atom. The van der Waals surface area contributed by atoms with Gasteiger partial charge in [-0.1, -0.05) is 13.3 Å². The molecule has 18 heavy (non-hydrogen) atoms. The molecule has 0 aromatic rings. The van der Waals surface area contributed by atoms with Gasteiger partial charge in [-0.05, 0) is 18.8 Å². The third-order valence-electron chi connectivity index (χ3n) is 3.52. The Balaban J connectivity index is 2.73. The van der Waals surface area contributed by atoms with Crippen LogP contribution in [0.4, 0.5) is 0 Å². The van der Waals surface area contributed by atoms with Crippen LogP contribution in [0.1, 0.15) is 26.2 Å². The fourth-order valence-corrected chi connectivity index (χ4v) is 2.37. The fourth-order valence-electron chi connectivity index (χ4n) is 2.37. The van der Waals surface area contributed by atoms with Gasteiger partial charge in [0, 0.05) is 13.7 Å². The Morgan fingerprint density at radius 1 is 1.56 bits per heavy atom. The molecule has 0 aromatic carbocycles. The van der Waals surface area contributed by atoms with Gasteiger partial charge in [-0.3, -0.25) is 4.79 Å². The van der Waals surface area contributed by atoms with Gasteiger partial charge in [0.15, 0.2) is 0 Å². The van der Waals surface area contributed by atoms with Crippen LogP contribution in [0.2, 0.25) is 0 Å². The van der Waals surface area contributed by atoms with Crippen molar-refractivity contribution in [2.45, 2.75) is 38.3 Å². The molecule has 104 valence electrons. The molecule has 0 bridgehead atoms. The molecule has 1 aliphatic heterocycles. The van der Waals surface area contributed by atoms with E-state index in [1.807, 2.05) is 6.92 Å². The highest BCUT2D eigenvalue weighted by atomic mass is 16.5. The number of carboxylic acid groups (broad SMARTS) is 1. The highest BCUT2D eigenvalue weighted by molar-refractivity contribution is 5.87. The second-order valence-electron chi connectivity index (χ2n) is 4.75. The normalized spacial score (nSPS) is 25.8. The number of nitrogens with zero attached hydrogens (tertiary/aromatic N) is 1. The number of piperidine rings is 1. The second-order valence-corrected chi connectivity index (χ2v) is 4.75. The van der Waals surface area contributed by atoms with E-state index in [0.717, 1.165) is 12.8 Å². The number of hydrogen-bond acceptors (Lipinski definition) is 4. The predicted molar refractivity (Wildman–Crippen MR) is 66.0 cm³/mol. The summed E-state index contributed by atoms with van der Waals surface area (Å²) in [6.45, 7) is 2.61. The first-order valence-electron chi connectivity index (χ1n) is 6.29. The largest absolute Gasteiger partial charge is 0.480 e. The lowest BCUT2D eigenvalue weighted by molar-refractivity contribution is -0.154. The van der Waals surface area contributed by atoms with E-state index >= 15 is 0 Å². The molecule has 6 heteroatoms. The van der Waals surface area contributed by atoms with Crippen molar-refractivity contribution >= 4 is 11.9 Å². The number of ether oxygens (including phenoxy) is 1. The highest BCUT2D eigenvalue weighted by Crippen LogP contribution is 2.26. The number of amides is 1. The van der Waals surface area contributed by atoms with Gasteiger partial charge in [-0.2, -0.15) is 0 Å². The Hall–Kier alpha value is -1.14. The van der Waals surface area contributed by atoms with Crippen molar-refractivity contribution in [3.8, 4) is 0 Å². The summed E-state index contributed by atoms with van der Waals surface area (Å²) in [5, 5.41) is 9.22. The van der Waals surface area contributed by atoms with Crippen LogP contribution < -0.4 is 5.73 Å². The first kappa shape index (κ1) is 14.9. The van der Waals surface area contributed by atoms with Gasteiger partial charge in [0.05, 0.1) is 6.61 Å². The minimum Gasteiger partial charge on any atom is -0.480 e. The zero-order chi connectivity index (χ0) is 13.7. The topological polar surface area (TPSA) is 92.9 Å². The summed E-state index contributed by atoms with van der Waals surface area (Å²) in [4.78, 5) is 24.7. The van der Waals surface area contributed by atoms with Crippen LogP contribution in [0, 0.1) is 5.92 Å². The Kier molecular flexibility index (Phi) is 5.55. The molecule has 1 heterocycles. The lowest BCUT2D eigenvalue weighted by Crippen LogP contribution is -2.55. The number of methoxy groups -OCH3 is 1. The van der Waals surface area contributed by atoms with Crippen molar-refractivity contribution < 1.29 is 19.4 Å². The standard InChI is InChI=1S/C12H22N2O4/c1-3-8-4-5-14(10(6-8)12(16)17)11(15)9(13)7-18-2/h8-10H,3-7,13H2,1-2H3,(H,16,17). The summed E-state index contributed by atoms with van der Waals surface area (Å²) >= 11 is 0. The zero-order valence-corrected chi connectivity index (χ0v) is 11.0. The maximum atomic E-state index is 12.1. The second kappa shape index (κ2) is 6.70. The molecule has 0 radical (unpaired) electrons. The van der Waals surface area contributed by atoms with Crippen LogP contribution in [0.3, 0.4) is 0 Å². The monoisotopic (exact) mass is 258 g/mol. The van der Waals surface area contributed by atoms with Crippen molar-refractivity contribution in [1.82, 2.24) is 4.90 Å². The minimum atomic E-state index is -0.953. The summed E-state index contributed by atoms with van der Waals surface area (Å²) in [6.07, 6.45) is 2.29. The highest BCUT2D eigenvalue weighted by Gasteiger charge is 2.37. The fraction of sp³-hybridized carbons (Fsp3) is 0.833. The Labute approximate surface area is 107 Å². The average molecular weight is 258 g/mol. The minimum absolute atomic E-state index is 0.110. The van der Waals surface area contributed by atoms with E-state index in [1.165, 1.54) is 12.0 Å². The molecule has 3 atom stereocenters. The third kappa shape index (κ3) is 3.43. The summed E-state index contributed by atoms with van der Waals surface area (Å²) in [5.41, 5.74) is 5.68. The number of rotatable bonds is 5. The molecule has 0 spiro atoms. The number of nitrogens with two attached hydrogens (primary N) is 1. The van der Waals surface area contributed by atoms with Gasteiger partial charge >= 0.3 is 5.97 Å². The van der Waals surface area contributed by atoms with Crippen LogP contribution in [0.25, 0.3) is 0 Å². The molecular formula is C12H22N2O4. The lowest BCUT2D eigenvalue weighted by Gasteiger charge is -2.38. The predicted octanol–water partition coefficient (Wildman–Crippen LogP) is 0.0619. The number of likely N-dealkylation sites (tertiary alicyclic amines) is 1. The van der Waals surface area contributed by atoms with Crippen molar-refractivity contribution in [2.24, 2.45) is 11.7 Å². The van der Waals surface area contributed by atoms with Gasteiger partial charge in [-0.15, -0.1) is 0 Å². The van der Waals surface area contributed by atoms with Gasteiger partial charge < -0.3 is 20.5 Å². The quantitative estimate of drug-likeness (QED) is 0.727. The van der Waals surface area contributed by atoms with E-state index in [1.54, 1.807) is 0 Å². The summed E-state index contributed by atoms with van der Waals surface area (Å²) in [6, 6.07) is -1.53. The number of carbonyl (C=O) groups excluding carboxylic acids is 1. The average Bonchev–Trinajstić information content (AvgIpc) is 2.37. The van der Waals surface area contributed by atoms with Crippen LogP contribution in [0.5, 0.6) is 0 Å². The Bertz CT molecular complexity index is 308. The molecular weight excluding hydrogens is 236 g/mol. The summed E-state index contributed by atoms with van der Waals surface area (Å²) in [7, 11) is 1.46.